The van der Waals surface area contributed by atoms with Crippen LogP contribution in [0.25, 0.3) is 0 Å². The van der Waals surface area contributed by atoms with Crippen molar-refractivity contribution < 1.29 is 27.1 Å². The van der Waals surface area contributed by atoms with Crippen LogP contribution in [0.15, 0.2) is 108 Å². The van der Waals surface area contributed by atoms with Crippen molar-refractivity contribution in [2.45, 2.75) is 37.8 Å². The van der Waals surface area contributed by atoms with E-state index >= 15 is 0 Å². The Labute approximate surface area is 258 Å². The van der Waals surface area contributed by atoms with Crippen LogP contribution in [0.5, 0.6) is 5.75 Å². The van der Waals surface area contributed by atoms with Gasteiger partial charge in [-0.3, -0.25) is 13.9 Å². The van der Waals surface area contributed by atoms with E-state index in [1.807, 2.05) is 44.2 Å². The molecule has 0 heterocycles. The van der Waals surface area contributed by atoms with Crippen molar-refractivity contribution in [1.29, 1.82) is 0 Å². The summed E-state index contributed by atoms with van der Waals surface area (Å²) < 4.78 is 48.4. The minimum atomic E-state index is -4.22. The molecule has 44 heavy (non-hydrogen) atoms. The van der Waals surface area contributed by atoms with Gasteiger partial charge in [-0.15, -0.1) is 0 Å². The molecule has 0 unspecified atom stereocenters. The highest BCUT2D eigenvalue weighted by Crippen LogP contribution is 2.27. The first kappa shape index (κ1) is 32.2. The quantitative estimate of drug-likeness (QED) is 0.225. The molecular weight excluding hydrogens is 581 g/mol. The van der Waals surface area contributed by atoms with Gasteiger partial charge < -0.3 is 15.0 Å². The SMILES string of the molecule is CCOc1ccc(N(CC(=O)N(Cc2ccc(F)cc2)[C@H](Cc2ccccc2)C(=O)NC)S(=O)(=O)c2ccc(C)cc2)cc1. The number of nitrogens with one attached hydrogen (secondary N) is 1. The van der Waals surface area contributed by atoms with Gasteiger partial charge in [-0.25, -0.2) is 12.8 Å². The minimum Gasteiger partial charge on any atom is -0.494 e. The first-order valence-electron chi connectivity index (χ1n) is 14.2. The number of hydrogen-bond acceptors (Lipinski definition) is 5. The van der Waals surface area contributed by atoms with E-state index in [-0.39, 0.29) is 23.5 Å². The van der Waals surface area contributed by atoms with Crippen LogP contribution in [0.4, 0.5) is 10.1 Å². The van der Waals surface area contributed by atoms with Crippen molar-refractivity contribution in [3.05, 3.63) is 126 Å². The molecule has 1 N–H and O–H groups in total. The minimum absolute atomic E-state index is 0.0157. The summed E-state index contributed by atoms with van der Waals surface area (Å²) in [4.78, 5) is 29.0. The molecule has 4 rings (SSSR count). The summed E-state index contributed by atoms with van der Waals surface area (Å²) in [7, 11) is -2.74. The van der Waals surface area contributed by atoms with Crippen LogP contribution in [0.2, 0.25) is 0 Å². The highest BCUT2D eigenvalue weighted by molar-refractivity contribution is 7.92. The van der Waals surface area contributed by atoms with Gasteiger partial charge in [0.25, 0.3) is 10.0 Å². The number of benzene rings is 4. The molecular formula is C34H36FN3O5S. The first-order chi connectivity index (χ1) is 21.1. The van der Waals surface area contributed by atoms with Gasteiger partial charge in [-0.1, -0.05) is 60.2 Å². The summed E-state index contributed by atoms with van der Waals surface area (Å²) in [5.74, 6) is -0.915. The van der Waals surface area contributed by atoms with Gasteiger partial charge in [0.05, 0.1) is 17.2 Å². The molecule has 4 aromatic carbocycles. The third-order valence-electron chi connectivity index (χ3n) is 7.11. The van der Waals surface area contributed by atoms with E-state index in [9.17, 15) is 22.4 Å². The molecule has 8 nitrogen and oxygen atoms in total. The maximum Gasteiger partial charge on any atom is 0.264 e. The van der Waals surface area contributed by atoms with Gasteiger partial charge >= 0.3 is 0 Å². The van der Waals surface area contributed by atoms with Gasteiger partial charge in [0, 0.05) is 20.0 Å². The molecule has 0 aromatic heterocycles. The summed E-state index contributed by atoms with van der Waals surface area (Å²) >= 11 is 0. The van der Waals surface area contributed by atoms with Crippen molar-refractivity contribution in [2.75, 3.05) is 24.5 Å². The van der Waals surface area contributed by atoms with E-state index in [1.54, 1.807) is 36.4 Å². The predicted octanol–water partition coefficient (Wildman–Crippen LogP) is 5.11. The molecule has 0 aliphatic carbocycles. The van der Waals surface area contributed by atoms with E-state index in [1.165, 1.54) is 48.3 Å². The van der Waals surface area contributed by atoms with Gasteiger partial charge in [-0.05, 0) is 73.5 Å². The number of carbonyl (C=O) groups is 2. The van der Waals surface area contributed by atoms with Crippen LogP contribution < -0.4 is 14.4 Å². The third-order valence-corrected chi connectivity index (χ3v) is 8.90. The molecule has 0 bridgehead atoms. The summed E-state index contributed by atoms with van der Waals surface area (Å²) in [6, 6.07) is 26.7. The smallest absolute Gasteiger partial charge is 0.264 e. The van der Waals surface area contributed by atoms with E-state index in [2.05, 4.69) is 5.32 Å². The van der Waals surface area contributed by atoms with Gasteiger partial charge in [-0.2, -0.15) is 0 Å². The molecule has 2 amide bonds. The van der Waals surface area contributed by atoms with Crippen molar-refractivity contribution in [2.24, 2.45) is 0 Å². The highest BCUT2D eigenvalue weighted by Gasteiger charge is 2.34. The fourth-order valence-electron chi connectivity index (χ4n) is 4.75. The Bertz CT molecular complexity index is 1650. The monoisotopic (exact) mass is 617 g/mol. The third kappa shape index (κ3) is 8.02. The molecule has 0 aliphatic heterocycles. The Morgan fingerprint density at radius 2 is 1.50 bits per heavy atom. The number of ether oxygens (including phenoxy) is 1. The summed E-state index contributed by atoms with van der Waals surface area (Å²) in [6.07, 6.45) is 0.182. The zero-order chi connectivity index (χ0) is 31.7. The number of aryl methyl sites for hydroxylation is 1. The standard InChI is InChI=1S/C34H36FN3O5S/c1-4-43-30-18-16-29(17-19-30)38(44(41,42)31-20-10-25(2)11-21-31)24-33(39)37(23-27-12-14-28(35)15-13-27)32(34(40)36-3)22-26-8-6-5-7-9-26/h5-21,32H,4,22-24H2,1-3H3,(H,36,40)/t32-/m1/s1. The maximum atomic E-state index is 14.3. The van der Waals surface area contributed by atoms with Crippen molar-refractivity contribution in [1.82, 2.24) is 10.2 Å². The number of likely N-dealkylation sites (N-methyl/N-ethyl adjacent to an activating group) is 1. The molecule has 4 aromatic rings. The summed E-state index contributed by atoms with van der Waals surface area (Å²) in [5.41, 5.74) is 2.53. The molecule has 0 saturated carbocycles. The maximum absolute atomic E-state index is 14.3. The van der Waals surface area contributed by atoms with Crippen molar-refractivity contribution in [3.8, 4) is 5.75 Å². The normalized spacial score (nSPS) is 11.8. The second-order valence-corrected chi connectivity index (χ2v) is 12.1. The van der Waals surface area contributed by atoms with Crippen LogP contribution in [0.3, 0.4) is 0 Å². The largest absolute Gasteiger partial charge is 0.494 e. The van der Waals surface area contributed by atoms with E-state index in [0.717, 1.165) is 15.4 Å². The summed E-state index contributed by atoms with van der Waals surface area (Å²) in [5, 5.41) is 2.64. The fourth-order valence-corrected chi connectivity index (χ4v) is 6.16. The molecule has 0 spiro atoms. The number of carbonyl (C=O) groups excluding carboxylic acids is 2. The van der Waals surface area contributed by atoms with Crippen LogP contribution in [-0.2, 0) is 32.6 Å². The molecule has 0 aliphatic rings. The van der Waals surface area contributed by atoms with E-state index in [0.29, 0.717) is 17.9 Å². The second-order valence-electron chi connectivity index (χ2n) is 10.2. The number of nitrogens with zero attached hydrogens (tertiary/aromatic N) is 2. The Hall–Kier alpha value is -4.70. The van der Waals surface area contributed by atoms with Crippen LogP contribution in [0, 0.1) is 12.7 Å². The van der Waals surface area contributed by atoms with Crippen molar-refractivity contribution in [3.63, 3.8) is 0 Å². The summed E-state index contributed by atoms with van der Waals surface area (Å²) in [6.45, 7) is 3.49. The lowest BCUT2D eigenvalue weighted by Gasteiger charge is -2.33. The zero-order valence-electron chi connectivity index (χ0n) is 24.9. The van der Waals surface area contributed by atoms with Crippen LogP contribution in [0.1, 0.15) is 23.6 Å². The lowest BCUT2D eigenvalue weighted by atomic mass is 10.0. The Balaban J connectivity index is 1.78. The average molecular weight is 618 g/mol. The number of hydrogen-bond donors (Lipinski definition) is 1. The molecule has 230 valence electrons. The van der Waals surface area contributed by atoms with Gasteiger partial charge in [0.2, 0.25) is 11.8 Å². The van der Waals surface area contributed by atoms with Crippen LogP contribution in [-0.4, -0.2) is 51.4 Å². The van der Waals surface area contributed by atoms with E-state index in [4.69, 9.17) is 4.74 Å². The Morgan fingerprint density at radius 1 is 0.864 bits per heavy atom. The molecule has 0 saturated heterocycles. The molecule has 0 fully saturated rings. The number of sulfonamides is 1. The second kappa shape index (κ2) is 14.7. The average Bonchev–Trinajstić information content (AvgIpc) is 3.03. The molecule has 1 atom stereocenters. The molecule has 10 heteroatoms. The van der Waals surface area contributed by atoms with Crippen molar-refractivity contribution >= 4 is 27.5 Å². The predicted molar refractivity (Wildman–Crippen MR) is 168 cm³/mol. The lowest BCUT2D eigenvalue weighted by Crippen LogP contribution is -2.53. The Morgan fingerprint density at radius 3 is 2.09 bits per heavy atom. The van der Waals surface area contributed by atoms with Gasteiger partial charge in [0.1, 0.15) is 24.2 Å². The Kier molecular flexibility index (Phi) is 10.7. The topological polar surface area (TPSA) is 96.0 Å². The number of anilines is 1. The fraction of sp³-hybridized carbons (Fsp3) is 0.235. The molecule has 0 radical (unpaired) electrons. The first-order valence-corrected chi connectivity index (χ1v) is 15.7. The van der Waals surface area contributed by atoms with Crippen LogP contribution >= 0.6 is 0 Å². The van der Waals surface area contributed by atoms with Gasteiger partial charge in [0.15, 0.2) is 0 Å². The number of amides is 2. The zero-order valence-corrected chi connectivity index (χ0v) is 25.8. The lowest BCUT2D eigenvalue weighted by molar-refractivity contribution is -0.139. The number of rotatable bonds is 13. The van der Waals surface area contributed by atoms with E-state index < -0.39 is 40.2 Å². The highest BCUT2D eigenvalue weighted by atomic mass is 32.2. The number of halogens is 1.